The van der Waals surface area contributed by atoms with E-state index in [1.54, 1.807) is 16.9 Å². The Morgan fingerprint density at radius 1 is 1.21 bits per heavy atom. The number of rotatable bonds is 2. The zero-order chi connectivity index (χ0) is 17.1. The molecule has 7 heteroatoms. The Bertz CT molecular complexity index is 767. The Kier molecular flexibility index (Phi) is 3.53. The summed E-state index contributed by atoms with van der Waals surface area (Å²) in [5.74, 6) is -0.338. The lowest BCUT2D eigenvalue weighted by Crippen LogP contribution is -2.41. The number of aromatic nitrogens is 2. The van der Waals surface area contributed by atoms with Gasteiger partial charge in [-0.25, -0.2) is 9.07 Å². The van der Waals surface area contributed by atoms with Crippen LogP contribution < -0.4 is 5.46 Å². The smallest absolute Gasteiger partial charge is 0.399 e. The fourth-order valence-electron chi connectivity index (χ4n) is 3.24. The molecule has 1 unspecified atom stereocenters. The molecule has 2 fully saturated rings. The molecule has 1 aromatic heterocycles. The van der Waals surface area contributed by atoms with Gasteiger partial charge in [-0.05, 0) is 46.6 Å². The summed E-state index contributed by atoms with van der Waals surface area (Å²) in [5, 5.41) is 4.80. The average Bonchev–Trinajstić information content (AvgIpc) is 3.18. The van der Waals surface area contributed by atoms with Crippen molar-refractivity contribution in [2.45, 2.75) is 58.0 Å². The van der Waals surface area contributed by atoms with Crippen LogP contribution in [0.2, 0.25) is 0 Å². The van der Waals surface area contributed by atoms with Crippen molar-refractivity contribution < 1.29 is 18.4 Å². The Hall–Kier alpha value is -1.44. The molecule has 3 heterocycles. The number of fused-ring (bicyclic) bond motifs is 1. The van der Waals surface area contributed by atoms with Gasteiger partial charge >= 0.3 is 7.12 Å². The van der Waals surface area contributed by atoms with Gasteiger partial charge in [0.2, 0.25) is 0 Å². The second-order valence-corrected chi connectivity index (χ2v) is 7.55. The summed E-state index contributed by atoms with van der Waals surface area (Å²) < 4.78 is 34.4. The van der Waals surface area contributed by atoms with Gasteiger partial charge in [-0.3, -0.25) is 0 Å². The lowest BCUT2D eigenvalue weighted by Gasteiger charge is -2.32. The van der Waals surface area contributed by atoms with Crippen LogP contribution >= 0.6 is 0 Å². The molecule has 24 heavy (non-hydrogen) atoms. The average molecular weight is 332 g/mol. The highest BCUT2D eigenvalue weighted by Gasteiger charge is 2.52. The number of hydrogen-bond donors (Lipinski definition) is 0. The number of halogens is 1. The van der Waals surface area contributed by atoms with Crippen molar-refractivity contribution in [2.24, 2.45) is 0 Å². The Balaban J connectivity index is 1.72. The Morgan fingerprint density at radius 3 is 2.54 bits per heavy atom. The minimum absolute atomic E-state index is 0.107. The van der Waals surface area contributed by atoms with Crippen LogP contribution in [0.3, 0.4) is 0 Å². The zero-order valence-electron chi connectivity index (χ0n) is 14.5. The zero-order valence-corrected chi connectivity index (χ0v) is 14.5. The van der Waals surface area contributed by atoms with Crippen LogP contribution in [0.25, 0.3) is 10.9 Å². The highest BCUT2D eigenvalue weighted by Crippen LogP contribution is 2.37. The van der Waals surface area contributed by atoms with Gasteiger partial charge in [-0.1, -0.05) is 6.07 Å². The lowest BCUT2D eigenvalue weighted by molar-refractivity contribution is 0.00578. The summed E-state index contributed by atoms with van der Waals surface area (Å²) in [6.45, 7) is 8.55. The fraction of sp³-hybridized carbons (Fsp3) is 0.588. The van der Waals surface area contributed by atoms with Crippen LogP contribution in [0.15, 0.2) is 18.3 Å². The van der Waals surface area contributed by atoms with E-state index < -0.39 is 18.3 Å². The Morgan fingerprint density at radius 2 is 1.92 bits per heavy atom. The molecule has 0 spiro atoms. The topological polar surface area (TPSA) is 45.5 Å². The van der Waals surface area contributed by atoms with Crippen LogP contribution in [-0.4, -0.2) is 34.7 Å². The molecule has 1 atom stereocenters. The lowest BCUT2D eigenvalue weighted by atomic mass is 9.78. The third kappa shape index (κ3) is 2.30. The van der Waals surface area contributed by atoms with E-state index in [0.29, 0.717) is 10.8 Å². The molecular formula is C17H22BFN2O3. The first-order valence-corrected chi connectivity index (χ1v) is 8.43. The highest BCUT2D eigenvalue weighted by molar-refractivity contribution is 6.62. The van der Waals surface area contributed by atoms with Gasteiger partial charge in [0, 0.05) is 12.1 Å². The van der Waals surface area contributed by atoms with Gasteiger partial charge in [0.25, 0.3) is 0 Å². The molecule has 0 radical (unpaired) electrons. The third-order valence-electron chi connectivity index (χ3n) is 5.43. The van der Waals surface area contributed by atoms with Crippen molar-refractivity contribution in [2.75, 3.05) is 6.61 Å². The van der Waals surface area contributed by atoms with Crippen LogP contribution in [0.1, 0.15) is 46.8 Å². The number of hydrogen-bond acceptors (Lipinski definition) is 4. The SMILES string of the molecule is CC1(C)OB(c2ccc3c(cnn3C3CCCO3)c2F)OC1(C)C. The summed E-state index contributed by atoms with van der Waals surface area (Å²) in [4.78, 5) is 0. The quantitative estimate of drug-likeness (QED) is 0.794. The molecule has 4 rings (SSSR count). The van der Waals surface area contributed by atoms with E-state index in [4.69, 9.17) is 14.0 Å². The maximum absolute atomic E-state index is 15.1. The molecule has 0 amide bonds. The Labute approximate surface area is 141 Å². The summed E-state index contributed by atoms with van der Waals surface area (Å²) in [5.41, 5.74) is 0.148. The summed E-state index contributed by atoms with van der Waals surface area (Å²) in [6.07, 6.45) is 3.35. The number of ether oxygens (including phenoxy) is 1. The summed E-state index contributed by atoms with van der Waals surface area (Å²) >= 11 is 0. The normalized spacial score (nSPS) is 25.7. The summed E-state index contributed by atoms with van der Waals surface area (Å²) in [7, 11) is -0.717. The van der Waals surface area contributed by atoms with Gasteiger partial charge in [0.15, 0.2) is 6.23 Å². The molecule has 0 saturated carbocycles. The van der Waals surface area contributed by atoms with Gasteiger partial charge in [-0.15, -0.1) is 0 Å². The molecule has 2 aliphatic heterocycles. The standard InChI is InChI=1S/C17H22BFN2O3/c1-16(2)17(3,4)24-18(23-16)12-7-8-13-11(15(12)19)10-20-21(13)14-6-5-9-22-14/h7-8,10,14H,5-6,9H2,1-4H3. The van der Waals surface area contributed by atoms with Gasteiger partial charge in [-0.2, -0.15) is 5.10 Å². The van der Waals surface area contributed by atoms with E-state index in [1.807, 2.05) is 33.8 Å². The van der Waals surface area contributed by atoms with Crippen LogP contribution in [-0.2, 0) is 14.0 Å². The van der Waals surface area contributed by atoms with Crippen LogP contribution in [0.4, 0.5) is 4.39 Å². The molecule has 128 valence electrons. The van der Waals surface area contributed by atoms with Gasteiger partial charge in [0.05, 0.1) is 28.3 Å². The van der Waals surface area contributed by atoms with Crippen molar-refractivity contribution in [3.63, 3.8) is 0 Å². The predicted octanol–water partition coefficient (Wildman–Crippen LogP) is 2.78. The molecule has 2 saturated heterocycles. The molecule has 1 aromatic carbocycles. The monoisotopic (exact) mass is 332 g/mol. The molecule has 0 aliphatic carbocycles. The first-order valence-electron chi connectivity index (χ1n) is 8.43. The van der Waals surface area contributed by atoms with Crippen molar-refractivity contribution in [1.29, 1.82) is 0 Å². The molecule has 2 aliphatic rings. The van der Waals surface area contributed by atoms with E-state index >= 15 is 4.39 Å². The van der Waals surface area contributed by atoms with Crippen molar-refractivity contribution in [1.82, 2.24) is 9.78 Å². The van der Waals surface area contributed by atoms with Crippen LogP contribution in [0.5, 0.6) is 0 Å². The molecular weight excluding hydrogens is 310 g/mol. The predicted molar refractivity (Wildman–Crippen MR) is 89.6 cm³/mol. The van der Waals surface area contributed by atoms with Crippen molar-refractivity contribution in [3.8, 4) is 0 Å². The van der Waals surface area contributed by atoms with E-state index in [-0.39, 0.29) is 12.0 Å². The van der Waals surface area contributed by atoms with Gasteiger partial charge < -0.3 is 14.0 Å². The second kappa shape index (κ2) is 5.28. The van der Waals surface area contributed by atoms with E-state index in [2.05, 4.69) is 5.10 Å². The molecule has 5 nitrogen and oxygen atoms in total. The maximum atomic E-state index is 15.1. The third-order valence-corrected chi connectivity index (χ3v) is 5.43. The van der Waals surface area contributed by atoms with Gasteiger partial charge in [0.1, 0.15) is 5.82 Å². The highest BCUT2D eigenvalue weighted by atomic mass is 19.1. The first-order chi connectivity index (χ1) is 11.3. The second-order valence-electron chi connectivity index (χ2n) is 7.55. The first kappa shape index (κ1) is 16.1. The van der Waals surface area contributed by atoms with Crippen molar-refractivity contribution >= 4 is 23.5 Å². The molecule has 0 bridgehead atoms. The number of nitrogens with zero attached hydrogens (tertiary/aromatic N) is 2. The van der Waals surface area contributed by atoms with E-state index in [9.17, 15) is 0 Å². The van der Waals surface area contributed by atoms with Crippen LogP contribution in [0, 0.1) is 5.82 Å². The van der Waals surface area contributed by atoms with E-state index in [1.165, 1.54) is 0 Å². The molecule has 2 aromatic rings. The minimum atomic E-state index is -0.717. The maximum Gasteiger partial charge on any atom is 0.497 e. The van der Waals surface area contributed by atoms with Crippen molar-refractivity contribution in [3.05, 3.63) is 24.1 Å². The summed E-state index contributed by atoms with van der Waals surface area (Å²) in [6, 6.07) is 3.60. The largest absolute Gasteiger partial charge is 0.497 e. The number of benzene rings is 1. The van der Waals surface area contributed by atoms with E-state index in [0.717, 1.165) is 25.0 Å². The fourth-order valence-corrected chi connectivity index (χ4v) is 3.24. The minimum Gasteiger partial charge on any atom is -0.399 e. The molecule has 0 N–H and O–H groups in total.